The molecule has 2 aliphatic rings. The van der Waals surface area contributed by atoms with Crippen molar-refractivity contribution in [2.45, 2.75) is 57.0 Å². The maximum absolute atomic E-state index is 5.70. The molecule has 2 fully saturated rings. The van der Waals surface area contributed by atoms with Gasteiger partial charge in [-0.15, -0.1) is 12.4 Å². The largest absolute Gasteiger partial charge is 0.361 e. The van der Waals surface area contributed by atoms with Crippen LogP contribution in [0.5, 0.6) is 0 Å². The number of likely N-dealkylation sites (N-methyl/N-ethyl adjacent to an activating group) is 1. The highest BCUT2D eigenvalue weighted by molar-refractivity contribution is 5.85. The molecular formula is C19H25ClN2O. The standard InChI is InChI=1S/C19H24N2O.ClH/c1-12-4-6-14(7-5-12)16-11-15-8-9-17(21(15)3)19(16)18-10-13(2)20-22-18;/h4-7,10,15-17,19H,8-9,11H2,1-3H3;1H/t15-,16+,17+,19-;/m0./s1. The van der Waals surface area contributed by atoms with E-state index in [2.05, 4.69) is 54.4 Å². The molecule has 2 bridgehead atoms. The van der Waals surface area contributed by atoms with Gasteiger partial charge in [0.2, 0.25) is 0 Å². The summed E-state index contributed by atoms with van der Waals surface area (Å²) < 4.78 is 5.70. The minimum Gasteiger partial charge on any atom is -0.361 e. The van der Waals surface area contributed by atoms with Crippen molar-refractivity contribution in [2.75, 3.05) is 7.05 Å². The Labute approximate surface area is 144 Å². The highest BCUT2D eigenvalue weighted by Crippen LogP contribution is 2.50. The van der Waals surface area contributed by atoms with Crippen LogP contribution in [0.2, 0.25) is 0 Å². The smallest absolute Gasteiger partial charge is 0.142 e. The van der Waals surface area contributed by atoms with E-state index >= 15 is 0 Å². The van der Waals surface area contributed by atoms with Gasteiger partial charge >= 0.3 is 0 Å². The van der Waals surface area contributed by atoms with Crippen molar-refractivity contribution in [1.29, 1.82) is 0 Å². The van der Waals surface area contributed by atoms with Crippen LogP contribution < -0.4 is 0 Å². The summed E-state index contributed by atoms with van der Waals surface area (Å²) in [5.41, 5.74) is 3.77. The Morgan fingerprint density at radius 1 is 1.13 bits per heavy atom. The summed E-state index contributed by atoms with van der Waals surface area (Å²) in [6.45, 7) is 4.16. The van der Waals surface area contributed by atoms with E-state index in [1.54, 1.807) is 0 Å². The second-order valence-electron chi connectivity index (χ2n) is 7.11. The number of piperidine rings is 1. The zero-order chi connectivity index (χ0) is 15.3. The second-order valence-corrected chi connectivity index (χ2v) is 7.11. The lowest BCUT2D eigenvalue weighted by Gasteiger charge is -2.42. The highest BCUT2D eigenvalue weighted by Gasteiger charge is 2.47. The maximum atomic E-state index is 5.70. The van der Waals surface area contributed by atoms with Gasteiger partial charge in [0.25, 0.3) is 0 Å². The first kappa shape index (κ1) is 16.5. The van der Waals surface area contributed by atoms with Gasteiger partial charge in [-0.1, -0.05) is 35.0 Å². The molecule has 0 saturated carbocycles. The molecule has 0 spiro atoms. The summed E-state index contributed by atoms with van der Waals surface area (Å²) in [4.78, 5) is 2.58. The zero-order valence-electron chi connectivity index (χ0n) is 14.0. The maximum Gasteiger partial charge on any atom is 0.142 e. The summed E-state index contributed by atoms with van der Waals surface area (Å²) in [6.07, 6.45) is 3.81. The number of hydrogen-bond acceptors (Lipinski definition) is 3. The van der Waals surface area contributed by atoms with E-state index in [0.717, 1.165) is 17.5 Å². The van der Waals surface area contributed by atoms with Gasteiger partial charge < -0.3 is 4.52 Å². The lowest BCUT2D eigenvalue weighted by molar-refractivity contribution is 0.122. The molecule has 2 aliphatic heterocycles. The molecule has 1 aromatic carbocycles. The number of halogens is 1. The first-order valence-corrected chi connectivity index (χ1v) is 8.35. The van der Waals surface area contributed by atoms with Gasteiger partial charge in [0, 0.05) is 24.1 Å². The Kier molecular flexibility index (Phi) is 4.52. The fraction of sp³-hybridized carbons (Fsp3) is 0.526. The number of aromatic nitrogens is 1. The van der Waals surface area contributed by atoms with Crippen molar-refractivity contribution in [2.24, 2.45) is 0 Å². The first-order valence-electron chi connectivity index (χ1n) is 8.35. The third-order valence-electron chi connectivity index (χ3n) is 5.75. The molecule has 0 N–H and O–H groups in total. The van der Waals surface area contributed by atoms with Crippen molar-refractivity contribution in [3.05, 3.63) is 52.9 Å². The van der Waals surface area contributed by atoms with Gasteiger partial charge in [0.15, 0.2) is 0 Å². The topological polar surface area (TPSA) is 29.3 Å². The predicted octanol–water partition coefficient (Wildman–Crippen LogP) is 4.45. The second kappa shape index (κ2) is 6.29. The molecule has 2 saturated heterocycles. The van der Waals surface area contributed by atoms with Gasteiger partial charge in [-0.3, -0.25) is 4.90 Å². The summed E-state index contributed by atoms with van der Waals surface area (Å²) in [7, 11) is 2.28. The van der Waals surface area contributed by atoms with Crippen LogP contribution in [0.25, 0.3) is 0 Å². The summed E-state index contributed by atoms with van der Waals surface area (Å²) >= 11 is 0. The molecule has 3 heterocycles. The molecule has 4 atom stereocenters. The van der Waals surface area contributed by atoms with Crippen molar-refractivity contribution in [3.63, 3.8) is 0 Å². The van der Waals surface area contributed by atoms with Gasteiger partial charge in [-0.25, -0.2) is 0 Å². The number of hydrogen-bond donors (Lipinski definition) is 0. The normalized spacial score (nSPS) is 30.2. The van der Waals surface area contributed by atoms with Gasteiger partial charge in [-0.05, 0) is 51.6 Å². The molecule has 1 aromatic heterocycles. The molecule has 3 nitrogen and oxygen atoms in total. The number of nitrogens with zero attached hydrogens (tertiary/aromatic N) is 2. The van der Waals surface area contributed by atoms with Crippen molar-refractivity contribution in [1.82, 2.24) is 10.1 Å². The minimum atomic E-state index is 0. The van der Waals surface area contributed by atoms with Crippen LogP contribution >= 0.6 is 12.4 Å². The summed E-state index contributed by atoms with van der Waals surface area (Å²) in [6, 6.07) is 12.5. The van der Waals surface area contributed by atoms with E-state index in [1.807, 2.05) is 6.92 Å². The molecule has 4 rings (SSSR count). The van der Waals surface area contributed by atoms with Crippen molar-refractivity contribution >= 4 is 12.4 Å². The Morgan fingerprint density at radius 3 is 2.52 bits per heavy atom. The number of fused-ring (bicyclic) bond motifs is 2. The molecule has 0 radical (unpaired) electrons. The van der Waals surface area contributed by atoms with Crippen LogP contribution in [0.1, 0.15) is 53.7 Å². The minimum absolute atomic E-state index is 0. The zero-order valence-corrected chi connectivity index (χ0v) is 14.8. The fourth-order valence-electron chi connectivity index (χ4n) is 4.55. The Balaban J connectivity index is 0.00000156. The Bertz CT molecular complexity index is 666. The average Bonchev–Trinajstić information content (AvgIpc) is 3.02. The van der Waals surface area contributed by atoms with Crippen LogP contribution in [0.3, 0.4) is 0 Å². The van der Waals surface area contributed by atoms with Crippen LogP contribution in [0, 0.1) is 13.8 Å². The third-order valence-corrected chi connectivity index (χ3v) is 5.75. The van der Waals surface area contributed by atoms with E-state index in [0.29, 0.717) is 17.9 Å². The number of benzene rings is 1. The van der Waals surface area contributed by atoms with E-state index in [1.165, 1.54) is 30.4 Å². The van der Waals surface area contributed by atoms with Crippen LogP contribution in [0.15, 0.2) is 34.9 Å². The van der Waals surface area contributed by atoms with E-state index in [9.17, 15) is 0 Å². The highest BCUT2D eigenvalue weighted by atomic mass is 35.5. The van der Waals surface area contributed by atoms with Crippen molar-refractivity contribution in [3.8, 4) is 0 Å². The van der Waals surface area contributed by atoms with Crippen molar-refractivity contribution < 1.29 is 4.52 Å². The summed E-state index contributed by atoms with van der Waals surface area (Å²) in [5.74, 6) is 2.04. The molecule has 0 aliphatic carbocycles. The third kappa shape index (κ3) is 2.81. The lowest BCUT2D eigenvalue weighted by Crippen LogP contribution is -2.44. The lowest BCUT2D eigenvalue weighted by atomic mass is 9.75. The average molecular weight is 333 g/mol. The molecule has 124 valence electrons. The number of aryl methyl sites for hydroxylation is 2. The van der Waals surface area contributed by atoms with E-state index in [4.69, 9.17) is 4.52 Å². The van der Waals surface area contributed by atoms with Crippen LogP contribution in [-0.4, -0.2) is 29.2 Å². The molecule has 4 heteroatoms. The van der Waals surface area contributed by atoms with Crippen LogP contribution in [0.4, 0.5) is 0 Å². The van der Waals surface area contributed by atoms with E-state index < -0.39 is 0 Å². The van der Waals surface area contributed by atoms with Gasteiger partial charge in [0.1, 0.15) is 5.76 Å². The first-order chi connectivity index (χ1) is 10.6. The SMILES string of the molecule is Cc1ccc([C@H]2C[C@@H]3CC[C@H]([C@H]2c2cc(C)no2)N3C)cc1.Cl. The quantitative estimate of drug-likeness (QED) is 0.813. The van der Waals surface area contributed by atoms with Gasteiger partial charge in [-0.2, -0.15) is 0 Å². The molecule has 23 heavy (non-hydrogen) atoms. The predicted molar refractivity (Wildman–Crippen MR) is 94.3 cm³/mol. The molecule has 0 amide bonds. The summed E-state index contributed by atoms with van der Waals surface area (Å²) in [5, 5.41) is 4.15. The van der Waals surface area contributed by atoms with E-state index in [-0.39, 0.29) is 12.4 Å². The Morgan fingerprint density at radius 2 is 1.87 bits per heavy atom. The van der Waals surface area contributed by atoms with Gasteiger partial charge in [0.05, 0.1) is 5.69 Å². The molecule has 0 unspecified atom stereocenters. The monoisotopic (exact) mass is 332 g/mol. The molecular weight excluding hydrogens is 308 g/mol. The Hall–Kier alpha value is -1.32. The molecule has 2 aromatic rings. The van der Waals surface area contributed by atoms with Crippen LogP contribution in [-0.2, 0) is 0 Å². The fourth-order valence-corrected chi connectivity index (χ4v) is 4.55. The number of rotatable bonds is 2.